The Bertz CT molecular complexity index is 884. The molecule has 0 aromatic rings. The van der Waals surface area contributed by atoms with Crippen LogP contribution in [0.2, 0.25) is 0 Å². The Balaban J connectivity index is 3.59. The lowest BCUT2D eigenvalue weighted by Crippen LogP contribution is -2.28. The van der Waals surface area contributed by atoms with E-state index >= 15 is 0 Å². The molecule has 0 aliphatic heterocycles. The summed E-state index contributed by atoms with van der Waals surface area (Å²) < 4.78 is 10.6. The fourth-order valence-electron chi connectivity index (χ4n) is 5.66. The second-order valence-corrected chi connectivity index (χ2v) is 13.7. The van der Waals surface area contributed by atoms with Gasteiger partial charge >= 0.3 is 11.9 Å². The van der Waals surface area contributed by atoms with E-state index in [2.05, 4.69) is 74.6 Å². The van der Waals surface area contributed by atoms with Gasteiger partial charge in [-0.15, -0.1) is 0 Å². The van der Waals surface area contributed by atoms with Crippen molar-refractivity contribution in [2.45, 2.75) is 200 Å². The summed E-state index contributed by atoms with van der Waals surface area (Å²) in [6, 6.07) is 0. The Morgan fingerprint density at radius 1 is 0.480 bits per heavy atom. The number of allylic oxidation sites excluding steroid dienone is 10. The minimum absolute atomic E-state index is 0.0810. The van der Waals surface area contributed by atoms with Gasteiger partial charge in [0.2, 0.25) is 0 Å². The lowest BCUT2D eigenvalue weighted by molar-refractivity contribution is -0.161. The van der Waals surface area contributed by atoms with Crippen LogP contribution in [-0.2, 0) is 19.1 Å². The number of esters is 2. The maximum Gasteiger partial charge on any atom is 0.306 e. The predicted molar refractivity (Wildman–Crippen MR) is 214 cm³/mol. The molecule has 0 saturated carbocycles. The summed E-state index contributed by atoms with van der Waals surface area (Å²) in [5, 5.41) is 9.57. The average Bonchev–Trinajstić information content (AvgIpc) is 3.12. The highest BCUT2D eigenvalue weighted by Crippen LogP contribution is 2.13. The van der Waals surface area contributed by atoms with Crippen LogP contribution in [0.4, 0.5) is 0 Å². The molecule has 0 rings (SSSR count). The van der Waals surface area contributed by atoms with Crippen LogP contribution in [0.3, 0.4) is 0 Å². The first-order valence-corrected chi connectivity index (χ1v) is 20.8. The highest BCUT2D eigenvalue weighted by Gasteiger charge is 2.16. The Morgan fingerprint density at radius 2 is 0.860 bits per heavy atom. The molecule has 0 bridgehead atoms. The number of hydrogen-bond donors (Lipinski definition) is 1. The van der Waals surface area contributed by atoms with Crippen molar-refractivity contribution in [3.05, 3.63) is 60.8 Å². The van der Waals surface area contributed by atoms with Gasteiger partial charge in [0.05, 0.1) is 6.61 Å². The van der Waals surface area contributed by atoms with Crippen LogP contribution < -0.4 is 0 Å². The van der Waals surface area contributed by atoms with Gasteiger partial charge in [-0.2, -0.15) is 0 Å². The fraction of sp³-hybridized carbons (Fsp3) is 0.733. The quantitative estimate of drug-likeness (QED) is 0.0397. The molecule has 1 atom stereocenters. The smallest absolute Gasteiger partial charge is 0.306 e. The maximum atomic E-state index is 12.2. The summed E-state index contributed by atoms with van der Waals surface area (Å²) in [5.74, 6) is -0.622. The summed E-state index contributed by atoms with van der Waals surface area (Å²) in [6.07, 6.45) is 52.8. The molecule has 0 spiro atoms. The van der Waals surface area contributed by atoms with E-state index in [0.29, 0.717) is 12.8 Å². The number of ether oxygens (including phenoxy) is 2. The van der Waals surface area contributed by atoms with Crippen molar-refractivity contribution >= 4 is 11.9 Å². The minimum atomic E-state index is -0.784. The number of aliphatic hydroxyl groups is 1. The molecule has 5 heteroatoms. The molecule has 50 heavy (non-hydrogen) atoms. The van der Waals surface area contributed by atoms with Crippen LogP contribution in [0.5, 0.6) is 0 Å². The average molecular weight is 699 g/mol. The van der Waals surface area contributed by atoms with Crippen LogP contribution in [0.15, 0.2) is 60.8 Å². The molecule has 288 valence electrons. The zero-order chi connectivity index (χ0) is 36.4. The van der Waals surface area contributed by atoms with E-state index in [1.165, 1.54) is 89.9 Å². The number of aliphatic hydroxyl groups excluding tert-OH is 1. The highest BCUT2D eigenvalue weighted by atomic mass is 16.6. The van der Waals surface area contributed by atoms with Gasteiger partial charge in [0.25, 0.3) is 0 Å². The van der Waals surface area contributed by atoms with Gasteiger partial charge in [0.15, 0.2) is 6.10 Å². The van der Waals surface area contributed by atoms with Crippen molar-refractivity contribution in [1.82, 2.24) is 0 Å². The van der Waals surface area contributed by atoms with E-state index in [-0.39, 0.29) is 25.2 Å². The molecule has 0 saturated heterocycles. The first-order chi connectivity index (χ1) is 24.6. The van der Waals surface area contributed by atoms with Gasteiger partial charge in [-0.05, 0) is 77.0 Å². The van der Waals surface area contributed by atoms with Gasteiger partial charge in [-0.3, -0.25) is 9.59 Å². The molecule has 0 aliphatic rings. The number of carbonyl (C=O) groups excluding carboxylic acids is 2. The molecule has 0 radical (unpaired) electrons. The minimum Gasteiger partial charge on any atom is -0.462 e. The van der Waals surface area contributed by atoms with Crippen molar-refractivity contribution in [2.24, 2.45) is 0 Å². The third-order valence-electron chi connectivity index (χ3n) is 8.80. The summed E-state index contributed by atoms with van der Waals surface area (Å²) in [5.41, 5.74) is 0. The molecular formula is C45H78O5. The number of rotatable bonds is 37. The van der Waals surface area contributed by atoms with E-state index in [0.717, 1.165) is 77.0 Å². The normalized spacial score (nSPS) is 12.8. The summed E-state index contributed by atoms with van der Waals surface area (Å²) in [4.78, 5) is 24.3. The maximum absolute atomic E-state index is 12.2. The Kier molecular flexibility index (Phi) is 39.1. The SMILES string of the molecule is CCC=CCC=CCC=CCC=CCCCCCCC(=O)OCC(CO)OC(=O)CCCCCCCCCCCC=CCCCCCCCC. The second kappa shape index (κ2) is 41.0. The Hall–Kier alpha value is -2.40. The Morgan fingerprint density at radius 3 is 1.32 bits per heavy atom. The topological polar surface area (TPSA) is 72.8 Å². The molecular weight excluding hydrogens is 620 g/mol. The number of unbranched alkanes of at least 4 members (excludes halogenated alkanes) is 19. The standard InChI is InChI=1S/C45H78O5/c1-3-5-7-9-11-13-15-17-19-21-22-24-26-28-30-32-34-36-38-40-45(48)50-43(41-46)42-49-44(47)39-37-35-33-31-29-27-25-23-20-18-16-14-12-10-8-6-4-2/h6,8,12,14,17-20,25,27,43,46H,3-5,7,9-11,13,15-16,21-24,26,28-42H2,1-2H3. The molecule has 0 fully saturated rings. The third kappa shape index (κ3) is 38.4. The first kappa shape index (κ1) is 47.6. The molecule has 5 nitrogen and oxygen atoms in total. The van der Waals surface area contributed by atoms with E-state index < -0.39 is 6.10 Å². The van der Waals surface area contributed by atoms with Gasteiger partial charge in [-0.1, -0.05) is 164 Å². The molecule has 0 aliphatic carbocycles. The van der Waals surface area contributed by atoms with E-state index in [1.54, 1.807) is 0 Å². The van der Waals surface area contributed by atoms with Crippen molar-refractivity contribution in [3.8, 4) is 0 Å². The van der Waals surface area contributed by atoms with Crippen molar-refractivity contribution < 1.29 is 24.2 Å². The fourth-order valence-corrected chi connectivity index (χ4v) is 5.66. The van der Waals surface area contributed by atoms with E-state index in [1.807, 2.05) is 0 Å². The van der Waals surface area contributed by atoms with Gasteiger partial charge < -0.3 is 14.6 Å². The first-order valence-electron chi connectivity index (χ1n) is 20.8. The monoisotopic (exact) mass is 699 g/mol. The summed E-state index contributed by atoms with van der Waals surface area (Å²) in [6.45, 7) is 4.00. The lowest BCUT2D eigenvalue weighted by atomic mass is 10.1. The second-order valence-electron chi connectivity index (χ2n) is 13.7. The predicted octanol–water partition coefficient (Wildman–Crippen LogP) is 13.2. The van der Waals surface area contributed by atoms with Crippen LogP contribution in [0.25, 0.3) is 0 Å². The molecule has 1 N–H and O–H groups in total. The van der Waals surface area contributed by atoms with Crippen molar-refractivity contribution in [3.63, 3.8) is 0 Å². The van der Waals surface area contributed by atoms with Crippen molar-refractivity contribution in [1.29, 1.82) is 0 Å². The number of carbonyl (C=O) groups is 2. The van der Waals surface area contributed by atoms with Gasteiger partial charge in [-0.25, -0.2) is 0 Å². The molecule has 0 aromatic carbocycles. The van der Waals surface area contributed by atoms with E-state index in [9.17, 15) is 14.7 Å². The lowest BCUT2D eigenvalue weighted by Gasteiger charge is -2.15. The van der Waals surface area contributed by atoms with E-state index in [4.69, 9.17) is 9.47 Å². The Labute approximate surface area is 309 Å². The van der Waals surface area contributed by atoms with Crippen LogP contribution >= 0.6 is 0 Å². The largest absolute Gasteiger partial charge is 0.462 e. The summed E-state index contributed by atoms with van der Waals surface area (Å²) >= 11 is 0. The van der Waals surface area contributed by atoms with Crippen LogP contribution in [0, 0.1) is 0 Å². The van der Waals surface area contributed by atoms with Crippen LogP contribution in [0.1, 0.15) is 194 Å². The zero-order valence-corrected chi connectivity index (χ0v) is 32.6. The van der Waals surface area contributed by atoms with Gasteiger partial charge in [0, 0.05) is 12.8 Å². The molecule has 0 aromatic heterocycles. The third-order valence-corrected chi connectivity index (χ3v) is 8.80. The zero-order valence-electron chi connectivity index (χ0n) is 32.6. The van der Waals surface area contributed by atoms with Gasteiger partial charge in [0.1, 0.15) is 6.61 Å². The highest BCUT2D eigenvalue weighted by molar-refractivity contribution is 5.70. The number of hydrogen-bond acceptors (Lipinski definition) is 5. The molecule has 1 unspecified atom stereocenters. The molecule has 0 amide bonds. The molecule has 0 heterocycles. The summed E-state index contributed by atoms with van der Waals surface area (Å²) in [7, 11) is 0. The van der Waals surface area contributed by atoms with Crippen LogP contribution in [-0.4, -0.2) is 36.4 Å². The van der Waals surface area contributed by atoms with Crippen molar-refractivity contribution in [2.75, 3.05) is 13.2 Å².